The molecule has 0 aromatic carbocycles. The van der Waals surface area contributed by atoms with Crippen LogP contribution in [0, 0.1) is 0 Å². The minimum absolute atomic E-state index is 0.0613. The number of ether oxygens (including phenoxy) is 3. The van der Waals surface area contributed by atoms with Gasteiger partial charge in [0.25, 0.3) is 0 Å². The lowest BCUT2D eigenvalue weighted by atomic mass is 10.3. The highest BCUT2D eigenvalue weighted by atomic mass is 79.9. The average Bonchev–Trinajstić information content (AvgIpc) is 2.84. The zero-order valence-electron chi connectivity index (χ0n) is 21.9. The highest BCUT2D eigenvalue weighted by Crippen LogP contribution is 2.50. The van der Waals surface area contributed by atoms with Crippen LogP contribution in [-0.4, -0.2) is 72.0 Å². The SMILES string of the molecule is C=C(C)C(=O)OCCC(Br)COP(=O)(OCC(Br)CCOC(=O)C(=C)C)OCC(Br)CCOC(=O)C(=C)C. The van der Waals surface area contributed by atoms with Crippen molar-refractivity contribution in [2.75, 3.05) is 39.6 Å². The first-order valence-electron chi connectivity index (χ1n) is 11.6. The minimum Gasteiger partial charge on any atom is -0.462 e. The molecular formula is C24H36Br3O10P. The van der Waals surface area contributed by atoms with Gasteiger partial charge in [0.15, 0.2) is 0 Å². The van der Waals surface area contributed by atoms with Gasteiger partial charge in [0.05, 0.1) is 39.6 Å². The van der Waals surface area contributed by atoms with Crippen LogP contribution >= 0.6 is 55.6 Å². The number of phosphoric acid groups is 1. The van der Waals surface area contributed by atoms with Gasteiger partial charge in [-0.2, -0.15) is 0 Å². The predicted molar refractivity (Wildman–Crippen MR) is 155 cm³/mol. The fourth-order valence-corrected chi connectivity index (χ4v) is 4.97. The lowest BCUT2D eigenvalue weighted by molar-refractivity contribution is -0.139. The van der Waals surface area contributed by atoms with Crippen LogP contribution in [0.1, 0.15) is 40.0 Å². The number of alkyl halides is 3. The molecule has 0 aromatic rings. The molecule has 0 aliphatic carbocycles. The van der Waals surface area contributed by atoms with E-state index in [1.165, 1.54) is 0 Å². The van der Waals surface area contributed by atoms with Gasteiger partial charge < -0.3 is 14.2 Å². The highest BCUT2D eigenvalue weighted by molar-refractivity contribution is 9.10. The summed E-state index contributed by atoms with van der Waals surface area (Å²) in [4.78, 5) is 33.6. The quantitative estimate of drug-likeness (QED) is 0.0456. The number of carbonyl (C=O) groups excluding carboxylic acids is 3. The molecule has 0 spiro atoms. The van der Waals surface area contributed by atoms with Gasteiger partial charge in [-0.1, -0.05) is 67.5 Å². The Morgan fingerprint density at radius 2 is 0.842 bits per heavy atom. The molecule has 3 unspecified atom stereocenters. The van der Waals surface area contributed by atoms with Crippen molar-refractivity contribution in [1.82, 2.24) is 0 Å². The number of rotatable bonds is 21. The first-order valence-corrected chi connectivity index (χ1v) is 15.8. The summed E-state index contributed by atoms with van der Waals surface area (Å²) in [5.41, 5.74) is 0.864. The van der Waals surface area contributed by atoms with Gasteiger partial charge in [-0.25, -0.2) is 18.9 Å². The lowest BCUT2D eigenvalue weighted by Crippen LogP contribution is -2.19. The van der Waals surface area contributed by atoms with Crippen LogP contribution in [0.3, 0.4) is 0 Å². The average molecular weight is 755 g/mol. The smallest absolute Gasteiger partial charge is 0.462 e. The second kappa shape index (κ2) is 20.1. The van der Waals surface area contributed by atoms with Gasteiger partial charge in [-0.3, -0.25) is 13.6 Å². The Balaban J connectivity index is 4.88. The fraction of sp³-hybridized carbons (Fsp3) is 0.625. The molecule has 3 atom stereocenters. The number of esters is 3. The molecule has 0 fully saturated rings. The Bertz CT molecular complexity index is 770. The first kappa shape index (κ1) is 37.2. The third-order valence-electron chi connectivity index (χ3n) is 4.28. The summed E-state index contributed by atoms with van der Waals surface area (Å²) in [5.74, 6) is -1.51. The van der Waals surface area contributed by atoms with E-state index < -0.39 is 25.7 Å². The summed E-state index contributed by atoms with van der Waals surface area (Å²) < 4.78 is 45.0. The molecular weight excluding hydrogens is 719 g/mol. The topological polar surface area (TPSA) is 124 Å². The molecule has 0 rings (SSSR count). The van der Waals surface area contributed by atoms with Gasteiger partial charge in [0, 0.05) is 31.2 Å². The fourth-order valence-electron chi connectivity index (χ4n) is 2.09. The van der Waals surface area contributed by atoms with Crippen molar-refractivity contribution >= 4 is 73.5 Å². The molecule has 0 saturated heterocycles. The predicted octanol–water partition coefficient (Wildman–Crippen LogP) is 5.96. The largest absolute Gasteiger partial charge is 0.474 e. The van der Waals surface area contributed by atoms with Crippen LogP contribution in [0.25, 0.3) is 0 Å². The van der Waals surface area contributed by atoms with Crippen LogP contribution in [0.15, 0.2) is 36.5 Å². The molecule has 218 valence electrons. The number of carbonyl (C=O) groups is 3. The van der Waals surface area contributed by atoms with Crippen LogP contribution in [0.4, 0.5) is 0 Å². The van der Waals surface area contributed by atoms with E-state index in [4.69, 9.17) is 27.8 Å². The summed E-state index contributed by atoms with van der Waals surface area (Å²) in [5, 5.41) is 0. The van der Waals surface area contributed by atoms with E-state index in [0.717, 1.165) is 0 Å². The first-order chi connectivity index (χ1) is 17.7. The molecule has 38 heavy (non-hydrogen) atoms. The molecule has 0 radical (unpaired) electrons. The maximum Gasteiger partial charge on any atom is 0.474 e. The summed E-state index contributed by atoms with van der Waals surface area (Å²) in [6, 6.07) is 0. The second-order valence-electron chi connectivity index (χ2n) is 8.24. The van der Waals surface area contributed by atoms with E-state index in [2.05, 4.69) is 67.5 Å². The van der Waals surface area contributed by atoms with Gasteiger partial charge in [-0.15, -0.1) is 0 Å². The summed E-state index contributed by atoms with van der Waals surface area (Å²) in [6.45, 7) is 15.3. The van der Waals surface area contributed by atoms with Gasteiger partial charge in [0.2, 0.25) is 0 Å². The third kappa shape index (κ3) is 18.5. The van der Waals surface area contributed by atoms with Crippen LogP contribution in [0.2, 0.25) is 0 Å². The normalized spacial score (nSPS) is 14.9. The lowest BCUT2D eigenvalue weighted by Gasteiger charge is -2.22. The van der Waals surface area contributed by atoms with Gasteiger partial charge in [-0.05, 0) is 40.0 Å². The van der Waals surface area contributed by atoms with E-state index in [0.29, 0.717) is 19.3 Å². The van der Waals surface area contributed by atoms with Gasteiger partial charge >= 0.3 is 25.7 Å². The molecule has 0 aromatic heterocycles. The van der Waals surface area contributed by atoms with Crippen LogP contribution in [0.5, 0.6) is 0 Å². The molecule has 0 aliphatic heterocycles. The standard InChI is InChI=1S/C24H36Br3O10P/c1-16(2)22(28)32-10-7-19(25)13-35-38(31,36-14-20(26)8-11-33-23(29)17(3)4)37-15-21(27)9-12-34-24(30)18(5)6/h19-21H,1,3,5,7-15H2,2,4,6H3. The monoisotopic (exact) mass is 752 g/mol. The van der Waals surface area contributed by atoms with Crippen LogP contribution < -0.4 is 0 Å². The maximum absolute atomic E-state index is 13.3. The molecule has 0 bridgehead atoms. The van der Waals surface area contributed by atoms with Crippen molar-refractivity contribution in [1.29, 1.82) is 0 Å². The van der Waals surface area contributed by atoms with Crippen molar-refractivity contribution in [3.63, 3.8) is 0 Å². The number of hydrogen-bond acceptors (Lipinski definition) is 10. The van der Waals surface area contributed by atoms with E-state index in [-0.39, 0.29) is 70.8 Å². The van der Waals surface area contributed by atoms with Crippen molar-refractivity contribution in [3.05, 3.63) is 36.5 Å². The Hall–Kier alpha value is -0.820. The van der Waals surface area contributed by atoms with Crippen molar-refractivity contribution in [2.45, 2.75) is 54.5 Å². The summed E-state index contributed by atoms with van der Waals surface area (Å²) in [7, 11) is -4.04. The molecule has 0 saturated carbocycles. The van der Waals surface area contributed by atoms with E-state index in [9.17, 15) is 18.9 Å². The Morgan fingerprint density at radius 1 is 0.605 bits per heavy atom. The third-order valence-corrected chi connectivity index (χ3v) is 7.84. The zero-order chi connectivity index (χ0) is 29.3. The molecule has 0 aliphatic rings. The Labute approximate surface area is 249 Å². The highest BCUT2D eigenvalue weighted by Gasteiger charge is 2.30. The Kier molecular flexibility index (Phi) is 19.7. The molecule has 0 amide bonds. The molecule has 0 heterocycles. The van der Waals surface area contributed by atoms with E-state index in [1.54, 1.807) is 20.8 Å². The summed E-state index contributed by atoms with van der Waals surface area (Å²) in [6.07, 6.45) is 1.13. The molecule has 10 nitrogen and oxygen atoms in total. The number of halogens is 3. The minimum atomic E-state index is -4.04. The zero-order valence-corrected chi connectivity index (χ0v) is 27.5. The maximum atomic E-state index is 13.3. The van der Waals surface area contributed by atoms with E-state index >= 15 is 0 Å². The van der Waals surface area contributed by atoms with Gasteiger partial charge in [0.1, 0.15) is 0 Å². The Morgan fingerprint density at radius 3 is 1.05 bits per heavy atom. The van der Waals surface area contributed by atoms with Crippen LogP contribution in [-0.2, 0) is 46.7 Å². The van der Waals surface area contributed by atoms with E-state index in [1.807, 2.05) is 0 Å². The van der Waals surface area contributed by atoms with Crippen molar-refractivity contribution < 1.29 is 46.7 Å². The van der Waals surface area contributed by atoms with Crippen molar-refractivity contribution in [3.8, 4) is 0 Å². The molecule has 14 heteroatoms. The second-order valence-corrected chi connectivity index (χ2v) is 13.8. The number of hydrogen-bond donors (Lipinski definition) is 0. The summed E-state index contributed by atoms with van der Waals surface area (Å²) >= 11 is 10.2. The van der Waals surface area contributed by atoms with Crippen molar-refractivity contribution in [2.24, 2.45) is 0 Å². The number of phosphoric ester groups is 1. The molecule has 0 N–H and O–H groups in total.